The van der Waals surface area contributed by atoms with E-state index in [0.717, 1.165) is 0 Å². The van der Waals surface area contributed by atoms with Gasteiger partial charge in [0.1, 0.15) is 0 Å². The van der Waals surface area contributed by atoms with Gasteiger partial charge in [0.25, 0.3) is 10.0 Å². The van der Waals surface area contributed by atoms with Crippen molar-refractivity contribution in [2.24, 2.45) is 7.05 Å². The lowest BCUT2D eigenvalue weighted by atomic mass is 10.1. The van der Waals surface area contributed by atoms with Gasteiger partial charge < -0.3 is 14.4 Å². The van der Waals surface area contributed by atoms with E-state index in [1.54, 1.807) is 25.5 Å². The van der Waals surface area contributed by atoms with Crippen LogP contribution in [-0.4, -0.2) is 58.8 Å². The Morgan fingerprint density at radius 2 is 2.26 bits per heavy atom. The molecule has 8 heteroatoms. The number of imidazole rings is 1. The number of hydrogen-bond donors (Lipinski definition) is 1. The largest absolute Gasteiger partial charge is 0.394 e. The first kappa shape index (κ1) is 14.4. The predicted molar refractivity (Wildman–Crippen MR) is 68.0 cm³/mol. The van der Waals surface area contributed by atoms with Gasteiger partial charge in [-0.3, -0.25) is 0 Å². The smallest absolute Gasteiger partial charge is 0.262 e. The van der Waals surface area contributed by atoms with Gasteiger partial charge in [-0.25, -0.2) is 13.4 Å². The molecule has 1 aromatic rings. The summed E-state index contributed by atoms with van der Waals surface area (Å²) >= 11 is 0. The molecule has 0 bridgehead atoms. The molecule has 0 radical (unpaired) electrons. The van der Waals surface area contributed by atoms with Gasteiger partial charge in [0.15, 0.2) is 5.03 Å². The first-order valence-corrected chi connectivity index (χ1v) is 7.45. The Balaban J connectivity index is 2.29. The molecule has 0 aromatic carbocycles. The number of rotatable bonds is 3. The van der Waals surface area contributed by atoms with Crippen LogP contribution < -0.4 is 0 Å². The van der Waals surface area contributed by atoms with E-state index in [0.29, 0.717) is 0 Å². The molecule has 1 aliphatic heterocycles. The molecule has 0 aliphatic carbocycles. The third kappa shape index (κ3) is 2.97. The second-order valence-corrected chi connectivity index (χ2v) is 7.24. The summed E-state index contributed by atoms with van der Waals surface area (Å²) in [6, 6.07) is 0. The molecule has 1 aromatic heterocycles. The van der Waals surface area contributed by atoms with Gasteiger partial charge in [-0.15, -0.1) is 0 Å². The van der Waals surface area contributed by atoms with Crippen molar-refractivity contribution in [2.45, 2.75) is 30.6 Å². The Kier molecular flexibility index (Phi) is 3.69. The second-order valence-electron chi connectivity index (χ2n) is 5.36. The minimum absolute atomic E-state index is 0.0180. The van der Waals surface area contributed by atoms with Crippen LogP contribution in [0.4, 0.5) is 0 Å². The number of ether oxygens (including phenoxy) is 1. The quantitative estimate of drug-likeness (QED) is 0.817. The zero-order valence-electron chi connectivity index (χ0n) is 11.3. The number of morpholine rings is 1. The van der Waals surface area contributed by atoms with Gasteiger partial charge in [-0.05, 0) is 13.8 Å². The summed E-state index contributed by atoms with van der Waals surface area (Å²) in [6.07, 6.45) is 2.40. The fraction of sp³-hybridized carbons (Fsp3) is 0.727. The number of aliphatic hydroxyl groups excluding tert-OH is 1. The Hall–Kier alpha value is -0.960. The molecule has 1 atom stereocenters. The molecule has 1 N–H and O–H groups in total. The van der Waals surface area contributed by atoms with Crippen molar-refractivity contribution in [3.05, 3.63) is 12.5 Å². The van der Waals surface area contributed by atoms with Crippen LogP contribution in [0.25, 0.3) is 0 Å². The molecule has 0 saturated carbocycles. The van der Waals surface area contributed by atoms with Gasteiger partial charge in [0, 0.05) is 26.3 Å². The summed E-state index contributed by atoms with van der Waals surface area (Å²) in [5, 5.41) is 9.23. The highest BCUT2D eigenvalue weighted by atomic mass is 32.2. The Bertz CT molecular complexity index is 552. The summed E-state index contributed by atoms with van der Waals surface area (Å²) in [4.78, 5) is 3.89. The summed E-state index contributed by atoms with van der Waals surface area (Å²) in [6.45, 7) is 3.77. The topological polar surface area (TPSA) is 84.7 Å². The van der Waals surface area contributed by atoms with Crippen molar-refractivity contribution in [3.63, 3.8) is 0 Å². The van der Waals surface area contributed by atoms with E-state index in [4.69, 9.17) is 4.74 Å². The van der Waals surface area contributed by atoms with Crippen molar-refractivity contribution in [1.29, 1.82) is 0 Å². The van der Waals surface area contributed by atoms with Crippen molar-refractivity contribution in [2.75, 3.05) is 19.7 Å². The van der Waals surface area contributed by atoms with Gasteiger partial charge in [-0.2, -0.15) is 4.31 Å². The number of sulfonamides is 1. The molecule has 1 saturated heterocycles. The van der Waals surface area contributed by atoms with E-state index in [-0.39, 0.29) is 24.7 Å². The van der Waals surface area contributed by atoms with Crippen molar-refractivity contribution < 1.29 is 18.3 Å². The molecular weight excluding hydrogens is 270 g/mol. The Morgan fingerprint density at radius 1 is 1.58 bits per heavy atom. The monoisotopic (exact) mass is 289 g/mol. The molecule has 1 unspecified atom stereocenters. The lowest BCUT2D eigenvalue weighted by Crippen LogP contribution is -2.55. The molecule has 2 heterocycles. The number of aliphatic hydroxyl groups is 1. The molecule has 1 aliphatic rings. The fourth-order valence-corrected chi connectivity index (χ4v) is 3.76. The maximum atomic E-state index is 12.5. The van der Waals surface area contributed by atoms with Gasteiger partial charge in [0.2, 0.25) is 0 Å². The van der Waals surface area contributed by atoms with E-state index in [9.17, 15) is 13.5 Å². The SMILES string of the molecule is Cn1cnc(S(=O)(=O)N2CC(CO)OC(C)(C)C2)c1. The third-order valence-corrected chi connectivity index (χ3v) is 4.64. The van der Waals surface area contributed by atoms with Crippen molar-refractivity contribution >= 4 is 10.0 Å². The Labute approximate surface area is 112 Å². The maximum absolute atomic E-state index is 12.5. The normalized spacial score (nSPS) is 24.5. The summed E-state index contributed by atoms with van der Waals surface area (Å²) in [5.41, 5.74) is -0.631. The lowest BCUT2D eigenvalue weighted by Gasteiger charge is -2.41. The maximum Gasteiger partial charge on any atom is 0.262 e. The van der Waals surface area contributed by atoms with Crippen LogP contribution in [0.5, 0.6) is 0 Å². The van der Waals surface area contributed by atoms with E-state index >= 15 is 0 Å². The second kappa shape index (κ2) is 4.86. The first-order valence-electron chi connectivity index (χ1n) is 6.01. The number of aryl methyl sites for hydroxylation is 1. The highest BCUT2D eigenvalue weighted by Crippen LogP contribution is 2.25. The molecule has 19 heavy (non-hydrogen) atoms. The van der Waals surface area contributed by atoms with Crippen LogP contribution >= 0.6 is 0 Å². The number of aromatic nitrogens is 2. The van der Waals surface area contributed by atoms with Crippen molar-refractivity contribution in [1.82, 2.24) is 13.9 Å². The molecule has 1 fully saturated rings. The molecular formula is C11H19N3O4S. The number of nitrogens with zero attached hydrogens (tertiary/aromatic N) is 3. The first-order chi connectivity index (χ1) is 8.74. The van der Waals surface area contributed by atoms with Crippen LogP contribution in [-0.2, 0) is 21.8 Å². The van der Waals surface area contributed by atoms with Crippen LogP contribution in [0, 0.1) is 0 Å². The van der Waals surface area contributed by atoms with Gasteiger partial charge in [-0.1, -0.05) is 0 Å². The average Bonchev–Trinajstić information content (AvgIpc) is 2.74. The molecule has 7 nitrogen and oxygen atoms in total. The van der Waals surface area contributed by atoms with E-state index in [1.807, 2.05) is 0 Å². The zero-order valence-corrected chi connectivity index (χ0v) is 12.1. The predicted octanol–water partition coefficient (Wildman–Crippen LogP) is -0.419. The average molecular weight is 289 g/mol. The van der Waals surface area contributed by atoms with Crippen LogP contribution in [0.2, 0.25) is 0 Å². The van der Waals surface area contributed by atoms with Gasteiger partial charge >= 0.3 is 0 Å². The summed E-state index contributed by atoms with van der Waals surface area (Å²) < 4.78 is 33.4. The molecule has 108 valence electrons. The summed E-state index contributed by atoms with van der Waals surface area (Å²) in [5.74, 6) is 0. The standard InChI is InChI=1S/C11H19N3O4S/c1-11(2)7-14(4-9(6-15)18-11)19(16,17)10-5-13(3)8-12-10/h5,8-9,15H,4,6-7H2,1-3H3. The lowest BCUT2D eigenvalue weighted by molar-refractivity contribution is -0.131. The van der Waals surface area contributed by atoms with Crippen molar-refractivity contribution in [3.8, 4) is 0 Å². The van der Waals surface area contributed by atoms with Gasteiger partial charge in [0.05, 0.1) is 24.6 Å². The molecule has 0 amide bonds. The van der Waals surface area contributed by atoms with E-state index in [2.05, 4.69) is 4.98 Å². The summed E-state index contributed by atoms with van der Waals surface area (Å²) in [7, 11) is -1.93. The molecule has 0 spiro atoms. The highest BCUT2D eigenvalue weighted by Gasteiger charge is 2.39. The van der Waals surface area contributed by atoms with Crippen LogP contribution in [0.1, 0.15) is 13.8 Å². The third-order valence-electron chi connectivity index (χ3n) is 2.94. The fourth-order valence-electron chi connectivity index (χ4n) is 2.17. The minimum atomic E-state index is -3.64. The van der Waals surface area contributed by atoms with Crippen LogP contribution in [0.15, 0.2) is 17.6 Å². The highest BCUT2D eigenvalue weighted by molar-refractivity contribution is 7.89. The zero-order chi connectivity index (χ0) is 14.3. The van der Waals surface area contributed by atoms with Crippen LogP contribution in [0.3, 0.4) is 0 Å². The number of hydrogen-bond acceptors (Lipinski definition) is 5. The minimum Gasteiger partial charge on any atom is -0.394 e. The van der Waals surface area contributed by atoms with E-state index < -0.39 is 21.7 Å². The molecule has 2 rings (SSSR count). The van der Waals surface area contributed by atoms with E-state index in [1.165, 1.54) is 16.8 Å². The Morgan fingerprint density at radius 3 is 2.79 bits per heavy atom.